The lowest BCUT2D eigenvalue weighted by Crippen LogP contribution is -2.39. The quantitative estimate of drug-likeness (QED) is 0.276. The van der Waals surface area contributed by atoms with Crippen molar-refractivity contribution in [3.05, 3.63) is 93.9 Å². The zero-order valence-corrected chi connectivity index (χ0v) is 21.2. The van der Waals surface area contributed by atoms with Gasteiger partial charge in [0.25, 0.3) is 0 Å². The van der Waals surface area contributed by atoms with Crippen molar-refractivity contribution < 1.29 is 33.5 Å². The summed E-state index contributed by atoms with van der Waals surface area (Å²) in [6.45, 7) is 2.99. The van der Waals surface area contributed by atoms with Crippen molar-refractivity contribution in [1.82, 2.24) is 0 Å². The van der Waals surface area contributed by atoms with Gasteiger partial charge in [-0.2, -0.15) is 0 Å². The van der Waals surface area contributed by atoms with E-state index < -0.39 is 41.1 Å². The first-order chi connectivity index (χ1) is 18.6. The third-order valence-corrected chi connectivity index (χ3v) is 8.40. The van der Waals surface area contributed by atoms with E-state index in [1.165, 1.54) is 25.1 Å². The molecule has 2 amide bonds. The molecular formula is C31H24FNO6. The van der Waals surface area contributed by atoms with Crippen LogP contribution in [0.4, 0.5) is 10.1 Å². The second-order valence-corrected chi connectivity index (χ2v) is 10.6. The van der Waals surface area contributed by atoms with Crippen LogP contribution in [0.1, 0.15) is 48.5 Å². The molecule has 1 fully saturated rings. The summed E-state index contributed by atoms with van der Waals surface area (Å²) in [4.78, 5) is 66.7. The molecule has 3 aliphatic carbocycles. The largest absolute Gasteiger partial charge is 0.505 e. The second kappa shape index (κ2) is 8.80. The van der Waals surface area contributed by atoms with Crippen LogP contribution in [0.15, 0.2) is 76.9 Å². The number of phenolic OH excluding ortho intramolecular Hbond substituents is 1. The van der Waals surface area contributed by atoms with Gasteiger partial charge in [-0.25, -0.2) is 4.39 Å². The number of ketones is 3. The maximum atomic E-state index is 14.5. The van der Waals surface area contributed by atoms with Gasteiger partial charge in [-0.15, -0.1) is 0 Å². The number of allylic oxidation sites excluding steroid dienone is 6. The predicted molar refractivity (Wildman–Crippen MR) is 138 cm³/mol. The van der Waals surface area contributed by atoms with E-state index in [2.05, 4.69) is 0 Å². The van der Waals surface area contributed by atoms with Gasteiger partial charge in [-0.1, -0.05) is 17.7 Å². The Kier molecular flexibility index (Phi) is 5.61. The normalized spacial score (nSPS) is 26.2. The number of hydrogen-bond donors (Lipinski definition) is 1. The zero-order valence-electron chi connectivity index (χ0n) is 21.2. The van der Waals surface area contributed by atoms with Crippen LogP contribution < -0.4 is 4.90 Å². The molecule has 0 bridgehead atoms. The fourth-order valence-corrected chi connectivity index (χ4v) is 6.54. The van der Waals surface area contributed by atoms with Gasteiger partial charge in [0.2, 0.25) is 11.8 Å². The molecule has 4 unspecified atom stereocenters. The molecule has 0 spiro atoms. The molecule has 196 valence electrons. The first kappa shape index (κ1) is 24.9. The lowest BCUT2D eigenvalue weighted by Gasteiger charge is -2.42. The number of halogens is 1. The minimum Gasteiger partial charge on any atom is -0.505 e. The Labute approximate surface area is 223 Å². The topological polar surface area (TPSA) is 109 Å². The molecule has 1 N–H and O–H groups in total. The average Bonchev–Trinajstić information content (AvgIpc) is 3.17. The Morgan fingerprint density at radius 1 is 1.00 bits per heavy atom. The number of fused-ring (bicyclic) bond motifs is 3. The highest BCUT2D eigenvalue weighted by atomic mass is 19.1. The van der Waals surface area contributed by atoms with Crippen molar-refractivity contribution in [1.29, 1.82) is 0 Å². The van der Waals surface area contributed by atoms with Crippen molar-refractivity contribution in [2.45, 2.75) is 32.6 Å². The van der Waals surface area contributed by atoms with E-state index >= 15 is 0 Å². The van der Waals surface area contributed by atoms with Crippen molar-refractivity contribution in [3.8, 4) is 5.75 Å². The maximum absolute atomic E-state index is 14.5. The van der Waals surface area contributed by atoms with E-state index in [-0.39, 0.29) is 52.8 Å². The third kappa shape index (κ3) is 3.66. The molecule has 1 aliphatic heterocycles. The minimum absolute atomic E-state index is 0.115. The predicted octanol–water partition coefficient (Wildman–Crippen LogP) is 4.37. The molecule has 6 rings (SSSR count). The Balaban J connectivity index is 1.46. The van der Waals surface area contributed by atoms with Gasteiger partial charge in [0.05, 0.1) is 17.5 Å². The van der Waals surface area contributed by atoms with Gasteiger partial charge in [0.15, 0.2) is 28.9 Å². The van der Waals surface area contributed by atoms with Crippen LogP contribution in [0, 0.1) is 23.6 Å². The highest BCUT2D eigenvalue weighted by molar-refractivity contribution is 6.25. The van der Waals surface area contributed by atoms with Crippen LogP contribution in [0.25, 0.3) is 0 Å². The summed E-state index contributed by atoms with van der Waals surface area (Å²) in [5.74, 6) is -5.70. The van der Waals surface area contributed by atoms with E-state index in [0.717, 1.165) is 11.0 Å². The Hall–Kier alpha value is -4.46. The Morgan fingerprint density at radius 3 is 2.38 bits per heavy atom. The van der Waals surface area contributed by atoms with E-state index in [4.69, 9.17) is 0 Å². The number of Topliss-reactive ketones (excluding diaryl/α,β-unsaturated/α-hetero) is 2. The third-order valence-electron chi connectivity index (χ3n) is 8.40. The first-order valence-electron chi connectivity index (χ1n) is 12.8. The second-order valence-electron chi connectivity index (χ2n) is 10.6. The number of imide groups is 1. The van der Waals surface area contributed by atoms with Crippen LogP contribution in [0.5, 0.6) is 5.75 Å². The zero-order chi connectivity index (χ0) is 27.7. The number of hydrogen-bond acceptors (Lipinski definition) is 6. The monoisotopic (exact) mass is 525 g/mol. The molecule has 7 nitrogen and oxygen atoms in total. The van der Waals surface area contributed by atoms with Gasteiger partial charge >= 0.3 is 0 Å². The van der Waals surface area contributed by atoms with Gasteiger partial charge in [0.1, 0.15) is 0 Å². The van der Waals surface area contributed by atoms with Gasteiger partial charge in [0, 0.05) is 28.2 Å². The Morgan fingerprint density at radius 2 is 1.72 bits per heavy atom. The smallest absolute Gasteiger partial charge is 0.238 e. The number of amides is 2. The van der Waals surface area contributed by atoms with Crippen LogP contribution in [0.2, 0.25) is 0 Å². The van der Waals surface area contributed by atoms with Crippen molar-refractivity contribution in [2.75, 3.05) is 4.90 Å². The summed E-state index contributed by atoms with van der Waals surface area (Å²) in [5.41, 5.74) is 2.72. The molecule has 1 heterocycles. The molecule has 4 aliphatic rings. The van der Waals surface area contributed by atoms with E-state index in [1.807, 2.05) is 6.08 Å². The minimum atomic E-state index is -0.861. The van der Waals surface area contributed by atoms with Gasteiger partial charge < -0.3 is 5.11 Å². The van der Waals surface area contributed by atoms with E-state index in [1.54, 1.807) is 31.2 Å². The fourth-order valence-electron chi connectivity index (χ4n) is 6.54. The van der Waals surface area contributed by atoms with E-state index in [0.29, 0.717) is 22.4 Å². The summed E-state index contributed by atoms with van der Waals surface area (Å²) >= 11 is 0. The molecule has 39 heavy (non-hydrogen) atoms. The number of carbonyl (C=O) groups is 5. The number of carbonyl (C=O) groups excluding carboxylic acids is 5. The van der Waals surface area contributed by atoms with Crippen LogP contribution >= 0.6 is 0 Å². The number of rotatable bonds is 3. The summed E-state index contributed by atoms with van der Waals surface area (Å²) < 4.78 is 14.5. The fraction of sp³-hybridized carbons (Fsp3) is 0.258. The maximum Gasteiger partial charge on any atom is 0.238 e. The van der Waals surface area contributed by atoms with Gasteiger partial charge in [-0.05, 0) is 80.6 Å². The van der Waals surface area contributed by atoms with Crippen LogP contribution in [-0.2, 0) is 19.2 Å². The number of anilines is 1. The average molecular weight is 526 g/mol. The van der Waals surface area contributed by atoms with Crippen LogP contribution in [0.3, 0.4) is 0 Å². The molecule has 8 heteroatoms. The molecule has 2 aromatic carbocycles. The van der Waals surface area contributed by atoms with E-state index in [9.17, 15) is 33.5 Å². The SMILES string of the molecule is CC(=O)c1ccc(N2C(=O)C3CC=C4C(c5ccc(O)c(F)c5)C5=C(CC4C3C2=O)C(=O)C=C(C)C5=O)cc1. The number of benzene rings is 2. The molecule has 0 aromatic heterocycles. The molecule has 4 atom stereocenters. The van der Waals surface area contributed by atoms with Crippen molar-refractivity contribution in [3.63, 3.8) is 0 Å². The number of phenols is 1. The highest BCUT2D eigenvalue weighted by Gasteiger charge is 2.56. The molecule has 2 aromatic rings. The summed E-state index contributed by atoms with van der Waals surface area (Å²) in [5, 5.41) is 9.78. The van der Waals surface area contributed by atoms with Crippen molar-refractivity contribution >= 4 is 34.9 Å². The van der Waals surface area contributed by atoms with Crippen LogP contribution in [-0.4, -0.2) is 34.3 Å². The van der Waals surface area contributed by atoms with Crippen molar-refractivity contribution in [2.24, 2.45) is 17.8 Å². The highest BCUT2D eigenvalue weighted by Crippen LogP contribution is 2.55. The lowest BCUT2D eigenvalue weighted by atomic mass is 9.59. The summed E-state index contributed by atoms with van der Waals surface area (Å²) in [6.07, 6.45) is 3.50. The van der Waals surface area contributed by atoms with Gasteiger partial charge in [-0.3, -0.25) is 28.9 Å². The molecular weight excluding hydrogens is 501 g/mol. The first-order valence-corrected chi connectivity index (χ1v) is 12.8. The summed E-state index contributed by atoms with van der Waals surface area (Å²) in [7, 11) is 0. The summed E-state index contributed by atoms with van der Waals surface area (Å²) in [6, 6.07) is 10.1. The Bertz CT molecular complexity index is 1610. The number of nitrogens with zero attached hydrogens (tertiary/aromatic N) is 1. The lowest BCUT2D eigenvalue weighted by molar-refractivity contribution is -0.123. The standard InChI is InChI=1S/C31H24FNO6/c1-14-11-25(36)22-13-21-19(26(28(22)29(14)37)17-5-10-24(35)23(32)12-17)8-9-20-27(21)31(39)33(30(20)38)18-6-3-16(4-7-18)15(2)34/h3-8,10-12,20-21,26-27,35H,9,13H2,1-2H3. The molecule has 1 saturated heterocycles. The number of aromatic hydroxyl groups is 1. The molecule has 0 saturated carbocycles. The molecule has 0 radical (unpaired) electrons.